The van der Waals surface area contributed by atoms with Gasteiger partial charge in [-0.3, -0.25) is 9.69 Å². The van der Waals surface area contributed by atoms with Gasteiger partial charge in [0.05, 0.1) is 5.54 Å². The van der Waals surface area contributed by atoms with E-state index in [1.165, 1.54) is 22.2 Å². The van der Waals surface area contributed by atoms with E-state index in [1.54, 1.807) is 0 Å². The molecule has 2 aliphatic heterocycles. The highest BCUT2D eigenvalue weighted by molar-refractivity contribution is 6.00. The highest BCUT2D eigenvalue weighted by Gasteiger charge is 2.49. The number of allylic oxidation sites excluding steroid dienone is 1. The van der Waals surface area contributed by atoms with E-state index in [0.29, 0.717) is 24.0 Å². The standard InChI is InChI=1S/C27H28N2O/c1-27-16-20-15-25(30)19(13-18-7-3-2-4-8-18)14-21(20)17-29(27)12-11-23-22-9-5-6-10-24(22)28-26(23)27/h2-10,13,20-21,28H,11-12,14-17H2,1H3/b19-13+/t20?,21?,27-/m0/s1. The molecule has 3 heterocycles. The van der Waals surface area contributed by atoms with E-state index in [0.717, 1.165) is 43.5 Å². The van der Waals surface area contributed by atoms with Gasteiger partial charge in [-0.15, -0.1) is 0 Å². The van der Waals surface area contributed by atoms with Crippen molar-refractivity contribution in [3.8, 4) is 0 Å². The molecule has 152 valence electrons. The Labute approximate surface area is 177 Å². The van der Waals surface area contributed by atoms with E-state index in [1.807, 2.05) is 18.2 Å². The lowest BCUT2D eigenvalue weighted by Gasteiger charge is -2.54. The number of fused-ring (bicyclic) bond motifs is 6. The van der Waals surface area contributed by atoms with Gasteiger partial charge in [-0.05, 0) is 66.9 Å². The number of carbonyl (C=O) groups is 1. The monoisotopic (exact) mass is 396 g/mol. The number of ketones is 1. The van der Waals surface area contributed by atoms with Crippen LogP contribution in [0.4, 0.5) is 0 Å². The molecule has 3 aliphatic rings. The predicted molar refractivity (Wildman–Crippen MR) is 121 cm³/mol. The predicted octanol–water partition coefficient (Wildman–Crippen LogP) is 5.32. The minimum absolute atomic E-state index is 0.00863. The zero-order chi connectivity index (χ0) is 20.3. The number of aromatic amines is 1. The summed E-state index contributed by atoms with van der Waals surface area (Å²) in [5.41, 5.74) is 6.31. The van der Waals surface area contributed by atoms with Crippen LogP contribution in [0.5, 0.6) is 0 Å². The fraction of sp³-hybridized carbons (Fsp3) is 0.370. The van der Waals surface area contributed by atoms with Gasteiger partial charge in [0.1, 0.15) is 0 Å². The van der Waals surface area contributed by atoms with Crippen molar-refractivity contribution in [2.24, 2.45) is 11.8 Å². The van der Waals surface area contributed by atoms with Crippen molar-refractivity contribution in [2.45, 2.75) is 38.1 Å². The third-order valence-corrected chi connectivity index (χ3v) is 7.89. The third kappa shape index (κ3) is 2.72. The summed E-state index contributed by atoms with van der Waals surface area (Å²) >= 11 is 0. The number of piperidine rings is 1. The molecule has 1 saturated heterocycles. The quantitative estimate of drug-likeness (QED) is 0.565. The average molecular weight is 397 g/mol. The van der Waals surface area contributed by atoms with Crippen LogP contribution in [0.15, 0.2) is 60.2 Å². The number of Topliss-reactive ketones (excluding diaryl/α,β-unsaturated/α-hetero) is 1. The number of aromatic nitrogens is 1. The van der Waals surface area contributed by atoms with Crippen molar-refractivity contribution in [1.29, 1.82) is 0 Å². The first-order valence-corrected chi connectivity index (χ1v) is 11.3. The summed E-state index contributed by atoms with van der Waals surface area (Å²) in [6.45, 7) is 4.60. The maximum absolute atomic E-state index is 13.0. The molecule has 0 spiro atoms. The summed E-state index contributed by atoms with van der Waals surface area (Å²) in [6.07, 6.45) is 5.92. The van der Waals surface area contributed by atoms with Crippen LogP contribution in [-0.4, -0.2) is 28.8 Å². The molecule has 6 rings (SSSR count). The second-order valence-corrected chi connectivity index (χ2v) is 9.63. The number of hydrogen-bond donors (Lipinski definition) is 1. The van der Waals surface area contributed by atoms with Crippen LogP contribution in [0.3, 0.4) is 0 Å². The highest BCUT2D eigenvalue weighted by atomic mass is 16.1. The van der Waals surface area contributed by atoms with E-state index >= 15 is 0 Å². The highest BCUT2D eigenvalue weighted by Crippen LogP contribution is 2.50. The molecule has 3 nitrogen and oxygen atoms in total. The van der Waals surface area contributed by atoms with Crippen molar-refractivity contribution in [3.05, 3.63) is 77.0 Å². The Bertz CT molecular complexity index is 1160. The molecular weight excluding hydrogens is 368 g/mol. The number of rotatable bonds is 1. The number of hydrogen-bond acceptors (Lipinski definition) is 2. The molecule has 2 unspecified atom stereocenters. The molecule has 1 aliphatic carbocycles. The van der Waals surface area contributed by atoms with Crippen LogP contribution in [0.1, 0.15) is 43.0 Å². The lowest BCUT2D eigenvalue weighted by molar-refractivity contribution is -0.121. The van der Waals surface area contributed by atoms with Crippen LogP contribution >= 0.6 is 0 Å². The Morgan fingerprint density at radius 2 is 1.83 bits per heavy atom. The van der Waals surface area contributed by atoms with Crippen molar-refractivity contribution in [3.63, 3.8) is 0 Å². The second kappa shape index (κ2) is 6.68. The molecule has 3 heteroatoms. The van der Waals surface area contributed by atoms with Crippen LogP contribution < -0.4 is 0 Å². The first-order chi connectivity index (χ1) is 14.6. The largest absolute Gasteiger partial charge is 0.357 e. The van der Waals surface area contributed by atoms with E-state index in [-0.39, 0.29) is 5.54 Å². The molecule has 1 saturated carbocycles. The molecular formula is C27H28N2O. The maximum atomic E-state index is 13.0. The maximum Gasteiger partial charge on any atom is 0.159 e. The molecule has 30 heavy (non-hydrogen) atoms. The second-order valence-electron chi connectivity index (χ2n) is 9.63. The summed E-state index contributed by atoms with van der Waals surface area (Å²) < 4.78 is 0. The Kier molecular flexibility index (Phi) is 4.04. The SMILES string of the molecule is C[C@@]12CC3CC(=O)/C(=C/c4ccccc4)CC3CN1CCc1c2[nH]c2ccccc12. The first-order valence-electron chi connectivity index (χ1n) is 11.3. The van der Waals surface area contributed by atoms with Gasteiger partial charge in [-0.25, -0.2) is 0 Å². The average Bonchev–Trinajstić information content (AvgIpc) is 3.14. The zero-order valence-corrected chi connectivity index (χ0v) is 17.5. The Morgan fingerprint density at radius 1 is 1.03 bits per heavy atom. The van der Waals surface area contributed by atoms with E-state index in [2.05, 4.69) is 59.3 Å². The fourth-order valence-corrected chi connectivity index (χ4v) is 6.33. The Morgan fingerprint density at radius 3 is 2.70 bits per heavy atom. The van der Waals surface area contributed by atoms with Crippen LogP contribution in [0.25, 0.3) is 17.0 Å². The summed E-state index contributed by atoms with van der Waals surface area (Å²) in [7, 11) is 0. The summed E-state index contributed by atoms with van der Waals surface area (Å²) in [5, 5.41) is 1.38. The molecule has 0 amide bonds. The van der Waals surface area contributed by atoms with Gasteiger partial charge in [0.2, 0.25) is 0 Å². The van der Waals surface area contributed by atoms with Crippen LogP contribution in [0.2, 0.25) is 0 Å². The molecule has 2 aromatic carbocycles. The Balaban J connectivity index is 1.32. The molecule has 0 radical (unpaired) electrons. The number of nitrogens with zero attached hydrogens (tertiary/aromatic N) is 1. The minimum atomic E-state index is 0.00863. The number of carbonyl (C=O) groups excluding carboxylic acids is 1. The normalized spacial score (nSPS) is 30.2. The van der Waals surface area contributed by atoms with Crippen LogP contribution in [0, 0.1) is 11.8 Å². The van der Waals surface area contributed by atoms with Crippen molar-refractivity contribution >= 4 is 22.8 Å². The molecule has 2 fully saturated rings. The summed E-state index contributed by atoms with van der Waals surface area (Å²) in [6, 6.07) is 19.0. The molecule has 3 atom stereocenters. The fourth-order valence-electron chi connectivity index (χ4n) is 6.33. The van der Waals surface area contributed by atoms with Gasteiger partial charge in [-0.1, -0.05) is 48.5 Å². The van der Waals surface area contributed by atoms with Gasteiger partial charge in [0, 0.05) is 36.1 Å². The smallest absolute Gasteiger partial charge is 0.159 e. The van der Waals surface area contributed by atoms with Gasteiger partial charge >= 0.3 is 0 Å². The number of para-hydroxylation sites is 1. The van der Waals surface area contributed by atoms with Crippen LogP contribution in [-0.2, 0) is 16.8 Å². The van der Waals surface area contributed by atoms with E-state index in [9.17, 15) is 4.79 Å². The molecule has 0 bridgehead atoms. The van der Waals surface area contributed by atoms with E-state index < -0.39 is 0 Å². The van der Waals surface area contributed by atoms with Gasteiger partial charge < -0.3 is 4.98 Å². The lowest BCUT2D eigenvalue weighted by Crippen LogP contribution is -2.57. The Hall–Kier alpha value is -2.65. The zero-order valence-electron chi connectivity index (χ0n) is 17.5. The van der Waals surface area contributed by atoms with Gasteiger partial charge in [-0.2, -0.15) is 0 Å². The van der Waals surface area contributed by atoms with Gasteiger partial charge in [0.15, 0.2) is 5.78 Å². The number of nitrogens with one attached hydrogen (secondary N) is 1. The number of benzene rings is 2. The summed E-state index contributed by atoms with van der Waals surface area (Å²) in [4.78, 5) is 19.5. The first kappa shape index (κ1) is 18.1. The molecule has 3 aromatic rings. The topological polar surface area (TPSA) is 36.1 Å². The third-order valence-electron chi connectivity index (χ3n) is 7.89. The molecule has 1 aromatic heterocycles. The number of H-pyrrole nitrogens is 1. The molecule has 1 N–H and O–H groups in total. The summed E-state index contributed by atoms with van der Waals surface area (Å²) in [5.74, 6) is 1.41. The van der Waals surface area contributed by atoms with Crippen molar-refractivity contribution in [2.75, 3.05) is 13.1 Å². The van der Waals surface area contributed by atoms with E-state index in [4.69, 9.17) is 0 Å². The lowest BCUT2D eigenvalue weighted by atomic mass is 9.65. The van der Waals surface area contributed by atoms with Crippen molar-refractivity contribution in [1.82, 2.24) is 9.88 Å². The van der Waals surface area contributed by atoms with Crippen molar-refractivity contribution < 1.29 is 4.79 Å². The minimum Gasteiger partial charge on any atom is -0.357 e. The van der Waals surface area contributed by atoms with Gasteiger partial charge in [0.25, 0.3) is 0 Å².